The number of nitrogens with one attached hydrogen (secondary N) is 1. The summed E-state index contributed by atoms with van der Waals surface area (Å²) >= 11 is 0. The zero-order valence-corrected chi connectivity index (χ0v) is 13.3. The molecule has 0 unspecified atom stereocenters. The number of hydrogen-bond donors (Lipinski definition) is 2. The summed E-state index contributed by atoms with van der Waals surface area (Å²) in [7, 11) is 0. The van der Waals surface area contributed by atoms with Gasteiger partial charge in [-0.05, 0) is 45.9 Å². The zero-order chi connectivity index (χ0) is 15.8. The van der Waals surface area contributed by atoms with Gasteiger partial charge in [0.25, 0.3) is 0 Å². The number of benzene rings is 1. The van der Waals surface area contributed by atoms with Crippen molar-refractivity contribution in [3.63, 3.8) is 0 Å². The zero-order valence-electron chi connectivity index (χ0n) is 13.3. The molecular formula is C16H23N3O2. The van der Waals surface area contributed by atoms with Gasteiger partial charge in [0.05, 0.1) is 5.41 Å². The Balaban J connectivity index is 2.25. The van der Waals surface area contributed by atoms with Crippen molar-refractivity contribution >= 4 is 22.7 Å². The molecule has 1 heterocycles. The van der Waals surface area contributed by atoms with Crippen molar-refractivity contribution in [3.05, 3.63) is 24.1 Å². The Labute approximate surface area is 124 Å². The van der Waals surface area contributed by atoms with E-state index in [9.17, 15) is 4.79 Å². The van der Waals surface area contributed by atoms with Crippen LogP contribution in [0.15, 0.2) is 22.6 Å². The molecule has 1 aromatic heterocycles. The molecule has 0 saturated carbocycles. The van der Waals surface area contributed by atoms with Gasteiger partial charge in [0.1, 0.15) is 5.52 Å². The molecule has 1 amide bonds. The van der Waals surface area contributed by atoms with E-state index in [4.69, 9.17) is 10.2 Å². The van der Waals surface area contributed by atoms with E-state index in [1.54, 1.807) is 0 Å². The van der Waals surface area contributed by atoms with Crippen LogP contribution in [0.2, 0.25) is 0 Å². The quantitative estimate of drug-likeness (QED) is 0.906. The van der Waals surface area contributed by atoms with Gasteiger partial charge < -0.3 is 15.5 Å². The third kappa shape index (κ3) is 2.93. The molecule has 0 spiro atoms. The monoisotopic (exact) mass is 289 g/mol. The number of hydrogen-bond acceptors (Lipinski definition) is 4. The van der Waals surface area contributed by atoms with Crippen molar-refractivity contribution in [2.75, 3.05) is 5.32 Å². The van der Waals surface area contributed by atoms with Crippen LogP contribution in [0.25, 0.3) is 11.1 Å². The molecule has 3 N–H and O–H groups in total. The first-order chi connectivity index (χ1) is 9.65. The molecule has 5 heteroatoms. The van der Waals surface area contributed by atoms with Gasteiger partial charge >= 0.3 is 0 Å². The number of aryl methyl sites for hydroxylation is 1. The fourth-order valence-electron chi connectivity index (χ4n) is 1.78. The Kier molecular flexibility index (Phi) is 3.80. The maximum Gasteiger partial charge on any atom is 0.231 e. The highest BCUT2D eigenvalue weighted by Gasteiger charge is 2.40. The van der Waals surface area contributed by atoms with Gasteiger partial charge in [-0.3, -0.25) is 4.79 Å². The van der Waals surface area contributed by atoms with Crippen LogP contribution < -0.4 is 11.1 Å². The number of carbonyl (C=O) groups excluding carboxylic acids is 1. The lowest BCUT2D eigenvalue weighted by atomic mass is 9.74. The van der Waals surface area contributed by atoms with E-state index in [0.29, 0.717) is 11.6 Å². The van der Waals surface area contributed by atoms with Crippen LogP contribution in [0.4, 0.5) is 5.69 Å². The highest BCUT2D eigenvalue weighted by Crippen LogP contribution is 2.30. The van der Waals surface area contributed by atoms with Crippen LogP contribution in [0.3, 0.4) is 0 Å². The van der Waals surface area contributed by atoms with E-state index < -0.39 is 11.0 Å². The first kappa shape index (κ1) is 15.5. The molecule has 21 heavy (non-hydrogen) atoms. The second kappa shape index (κ2) is 5.15. The maximum absolute atomic E-state index is 12.4. The van der Waals surface area contributed by atoms with Crippen LogP contribution in [0.1, 0.15) is 40.5 Å². The molecule has 0 aliphatic carbocycles. The predicted octanol–water partition coefficient (Wildman–Crippen LogP) is 3.09. The number of carbonyl (C=O) groups is 1. The van der Waals surface area contributed by atoms with E-state index in [1.165, 1.54) is 0 Å². The number of nitrogens with zero attached hydrogens (tertiary/aromatic N) is 1. The molecule has 2 rings (SSSR count). The van der Waals surface area contributed by atoms with Crippen molar-refractivity contribution in [3.8, 4) is 0 Å². The fourth-order valence-corrected chi connectivity index (χ4v) is 1.78. The Bertz CT molecular complexity index is 666. The van der Waals surface area contributed by atoms with E-state index in [-0.39, 0.29) is 5.91 Å². The van der Waals surface area contributed by atoms with Gasteiger partial charge in [0.2, 0.25) is 5.91 Å². The average Bonchev–Trinajstić information content (AvgIpc) is 2.79. The third-order valence-electron chi connectivity index (χ3n) is 4.17. The molecule has 114 valence electrons. The van der Waals surface area contributed by atoms with Crippen LogP contribution in [0.5, 0.6) is 0 Å². The summed E-state index contributed by atoms with van der Waals surface area (Å²) in [6.07, 6.45) is 0.741. The summed E-state index contributed by atoms with van der Waals surface area (Å²) in [6.45, 7) is 9.36. The van der Waals surface area contributed by atoms with Gasteiger partial charge in [-0.25, -0.2) is 4.98 Å². The lowest BCUT2D eigenvalue weighted by Crippen LogP contribution is -2.53. The Hall–Kier alpha value is -1.88. The second-order valence-corrected chi connectivity index (χ2v) is 6.44. The summed E-state index contributed by atoms with van der Waals surface area (Å²) < 4.78 is 5.55. The fraction of sp³-hybridized carbons (Fsp3) is 0.500. The number of rotatable bonds is 4. The second-order valence-electron chi connectivity index (χ2n) is 6.44. The van der Waals surface area contributed by atoms with Crippen LogP contribution in [-0.2, 0) is 11.2 Å². The lowest BCUT2D eigenvalue weighted by Gasteiger charge is -2.36. The number of anilines is 1. The normalized spacial score (nSPS) is 12.7. The van der Waals surface area contributed by atoms with Crippen LogP contribution >= 0.6 is 0 Å². The largest absolute Gasteiger partial charge is 0.441 e. The van der Waals surface area contributed by atoms with E-state index in [0.717, 1.165) is 17.5 Å². The first-order valence-electron chi connectivity index (χ1n) is 7.15. The van der Waals surface area contributed by atoms with Gasteiger partial charge in [-0.1, -0.05) is 6.92 Å². The van der Waals surface area contributed by atoms with E-state index in [2.05, 4.69) is 10.3 Å². The SMILES string of the molecule is CCc1nc2cc(NC(=O)C(C)(C)C(C)(C)N)ccc2o1. The van der Waals surface area contributed by atoms with E-state index in [1.807, 2.05) is 52.8 Å². The van der Waals surface area contributed by atoms with Gasteiger partial charge in [0, 0.05) is 17.6 Å². The van der Waals surface area contributed by atoms with Gasteiger partial charge in [-0.2, -0.15) is 0 Å². The Morgan fingerprint density at radius 3 is 2.57 bits per heavy atom. The first-order valence-corrected chi connectivity index (χ1v) is 7.15. The molecule has 1 aromatic carbocycles. The van der Waals surface area contributed by atoms with E-state index >= 15 is 0 Å². The standard InChI is InChI=1S/C16H23N3O2/c1-6-13-19-11-9-10(7-8-12(11)21-13)18-14(20)15(2,3)16(4,5)17/h7-9H,6,17H2,1-5H3,(H,18,20). The van der Waals surface area contributed by atoms with Crippen molar-refractivity contribution in [1.29, 1.82) is 0 Å². The number of fused-ring (bicyclic) bond motifs is 1. The molecular weight excluding hydrogens is 266 g/mol. The summed E-state index contributed by atoms with van der Waals surface area (Å²) in [4.78, 5) is 16.8. The van der Waals surface area contributed by atoms with Gasteiger partial charge in [-0.15, -0.1) is 0 Å². The number of amides is 1. The number of oxazole rings is 1. The van der Waals surface area contributed by atoms with Crippen LogP contribution in [0, 0.1) is 5.41 Å². The average molecular weight is 289 g/mol. The molecule has 0 bridgehead atoms. The molecule has 0 aliphatic heterocycles. The summed E-state index contributed by atoms with van der Waals surface area (Å²) in [5, 5.41) is 2.91. The molecule has 0 radical (unpaired) electrons. The Morgan fingerprint density at radius 2 is 2.00 bits per heavy atom. The summed E-state index contributed by atoms with van der Waals surface area (Å²) in [6, 6.07) is 5.44. The van der Waals surface area contributed by atoms with Crippen molar-refractivity contribution in [2.24, 2.45) is 11.1 Å². The van der Waals surface area contributed by atoms with Crippen molar-refractivity contribution < 1.29 is 9.21 Å². The highest BCUT2D eigenvalue weighted by molar-refractivity contribution is 5.97. The topological polar surface area (TPSA) is 81.2 Å². The number of aromatic nitrogens is 1. The minimum absolute atomic E-state index is 0.117. The predicted molar refractivity (Wildman–Crippen MR) is 84.1 cm³/mol. The minimum Gasteiger partial charge on any atom is -0.441 e. The molecule has 5 nitrogen and oxygen atoms in total. The molecule has 0 saturated heterocycles. The summed E-state index contributed by atoms with van der Waals surface area (Å²) in [5.74, 6) is 0.574. The molecule has 0 atom stereocenters. The summed E-state index contributed by atoms with van der Waals surface area (Å²) in [5.41, 5.74) is 6.94. The lowest BCUT2D eigenvalue weighted by molar-refractivity contribution is -0.126. The van der Waals surface area contributed by atoms with Gasteiger partial charge in [0.15, 0.2) is 11.5 Å². The van der Waals surface area contributed by atoms with Crippen LogP contribution in [-0.4, -0.2) is 16.4 Å². The smallest absolute Gasteiger partial charge is 0.231 e. The molecule has 0 fully saturated rings. The van der Waals surface area contributed by atoms with Crippen molar-refractivity contribution in [1.82, 2.24) is 4.98 Å². The Morgan fingerprint density at radius 1 is 1.33 bits per heavy atom. The number of nitrogens with two attached hydrogens (primary N) is 1. The maximum atomic E-state index is 12.4. The minimum atomic E-state index is -0.694. The third-order valence-corrected chi connectivity index (χ3v) is 4.17. The molecule has 2 aromatic rings. The highest BCUT2D eigenvalue weighted by atomic mass is 16.3. The van der Waals surface area contributed by atoms with Crippen molar-refractivity contribution in [2.45, 2.75) is 46.6 Å². The molecule has 0 aliphatic rings.